The van der Waals surface area contributed by atoms with E-state index in [-0.39, 0.29) is 0 Å². The molecule has 0 aromatic carbocycles. The Labute approximate surface area is 93.8 Å². The fraction of sp³-hybridized carbons (Fsp3) is 0.600. The van der Waals surface area contributed by atoms with Gasteiger partial charge in [-0.2, -0.15) is 0 Å². The van der Waals surface area contributed by atoms with Crippen LogP contribution in [0.3, 0.4) is 0 Å². The van der Waals surface area contributed by atoms with E-state index in [1.165, 1.54) is 50.5 Å². The normalized spacial score (nSPS) is 20.1. The molecule has 0 heteroatoms. The summed E-state index contributed by atoms with van der Waals surface area (Å²) < 4.78 is 0. The van der Waals surface area contributed by atoms with Crippen LogP contribution < -0.4 is 0 Å². The lowest BCUT2D eigenvalue weighted by Gasteiger charge is -2.12. The van der Waals surface area contributed by atoms with Crippen molar-refractivity contribution in [3.8, 4) is 0 Å². The van der Waals surface area contributed by atoms with Gasteiger partial charge >= 0.3 is 0 Å². The Kier molecular flexibility index (Phi) is 3.45. The Morgan fingerprint density at radius 3 is 2.33 bits per heavy atom. The first-order valence-electron chi connectivity index (χ1n) is 6.31. The van der Waals surface area contributed by atoms with Gasteiger partial charge in [-0.05, 0) is 69.9 Å². The summed E-state index contributed by atoms with van der Waals surface area (Å²) in [5, 5.41) is 0. The Hall–Kier alpha value is -0.780. The van der Waals surface area contributed by atoms with Crippen molar-refractivity contribution in [2.24, 2.45) is 0 Å². The topological polar surface area (TPSA) is 0 Å². The smallest absolute Gasteiger partial charge is 0.00652 e. The predicted octanol–water partition coefficient (Wildman–Crippen LogP) is 4.93. The monoisotopic (exact) mass is 202 g/mol. The number of allylic oxidation sites excluding steroid dienone is 6. The van der Waals surface area contributed by atoms with Crippen LogP contribution >= 0.6 is 0 Å². The molecule has 0 saturated carbocycles. The zero-order chi connectivity index (χ0) is 10.7. The highest BCUT2D eigenvalue weighted by Crippen LogP contribution is 2.33. The summed E-state index contributed by atoms with van der Waals surface area (Å²) in [6.45, 7) is 4.54. The van der Waals surface area contributed by atoms with E-state index >= 15 is 0 Å². The van der Waals surface area contributed by atoms with Crippen LogP contribution in [0, 0.1) is 0 Å². The minimum absolute atomic E-state index is 1.23. The summed E-state index contributed by atoms with van der Waals surface area (Å²) in [5.41, 5.74) is 6.48. The summed E-state index contributed by atoms with van der Waals surface area (Å²) in [4.78, 5) is 0. The quantitative estimate of drug-likeness (QED) is 0.569. The average Bonchev–Trinajstić information content (AvgIpc) is 2.87. The second-order valence-corrected chi connectivity index (χ2v) is 5.03. The summed E-state index contributed by atoms with van der Waals surface area (Å²) in [6, 6.07) is 0. The number of rotatable bonds is 3. The molecule has 15 heavy (non-hydrogen) atoms. The van der Waals surface area contributed by atoms with Crippen LogP contribution in [0.15, 0.2) is 34.4 Å². The van der Waals surface area contributed by atoms with Crippen LogP contribution in [0.2, 0.25) is 0 Å². The standard InChI is InChI=1S/C15H22/c1-12(2)15(14-9-5-6-10-14)11-13-7-3-4-8-13/h7,9H,3-6,8,10-11H2,1-2H3. The molecule has 82 valence electrons. The first-order valence-corrected chi connectivity index (χ1v) is 6.31. The van der Waals surface area contributed by atoms with Crippen molar-refractivity contribution in [3.05, 3.63) is 34.4 Å². The van der Waals surface area contributed by atoms with Gasteiger partial charge in [-0.3, -0.25) is 0 Å². The van der Waals surface area contributed by atoms with Crippen molar-refractivity contribution in [1.29, 1.82) is 0 Å². The van der Waals surface area contributed by atoms with Gasteiger partial charge in [0.2, 0.25) is 0 Å². The van der Waals surface area contributed by atoms with Crippen molar-refractivity contribution in [3.63, 3.8) is 0 Å². The van der Waals surface area contributed by atoms with Crippen molar-refractivity contribution < 1.29 is 0 Å². The summed E-state index contributed by atoms with van der Waals surface area (Å²) in [6.07, 6.45) is 14.1. The van der Waals surface area contributed by atoms with Gasteiger partial charge in [0.15, 0.2) is 0 Å². The van der Waals surface area contributed by atoms with E-state index in [2.05, 4.69) is 26.0 Å². The molecule has 0 fully saturated rings. The first-order chi connectivity index (χ1) is 7.27. The Balaban J connectivity index is 2.10. The first kappa shape index (κ1) is 10.7. The summed E-state index contributed by atoms with van der Waals surface area (Å²) >= 11 is 0. The lowest BCUT2D eigenvalue weighted by molar-refractivity contribution is 0.868. The molecule has 0 atom stereocenters. The van der Waals surface area contributed by atoms with Crippen LogP contribution in [0.1, 0.15) is 58.8 Å². The lowest BCUT2D eigenvalue weighted by atomic mass is 9.94. The molecule has 0 radical (unpaired) electrons. The van der Waals surface area contributed by atoms with Gasteiger partial charge in [0.25, 0.3) is 0 Å². The average molecular weight is 202 g/mol. The third-order valence-electron chi connectivity index (χ3n) is 3.57. The molecule has 0 aromatic rings. The van der Waals surface area contributed by atoms with Gasteiger partial charge in [-0.1, -0.05) is 23.3 Å². The van der Waals surface area contributed by atoms with E-state index in [9.17, 15) is 0 Å². The molecule has 0 N–H and O–H groups in total. The Morgan fingerprint density at radius 2 is 1.80 bits per heavy atom. The molecule has 0 amide bonds. The molecule has 0 aliphatic heterocycles. The molecule has 0 saturated heterocycles. The minimum Gasteiger partial charge on any atom is -0.0850 e. The zero-order valence-electron chi connectivity index (χ0n) is 10.1. The molecule has 0 spiro atoms. The van der Waals surface area contributed by atoms with Crippen LogP contribution in [0.25, 0.3) is 0 Å². The molecular formula is C15H22. The van der Waals surface area contributed by atoms with Gasteiger partial charge in [0, 0.05) is 0 Å². The van der Waals surface area contributed by atoms with Gasteiger partial charge in [-0.25, -0.2) is 0 Å². The second kappa shape index (κ2) is 4.83. The Bertz CT molecular complexity index is 322. The van der Waals surface area contributed by atoms with Crippen LogP contribution in [0.4, 0.5) is 0 Å². The van der Waals surface area contributed by atoms with E-state index < -0.39 is 0 Å². The van der Waals surface area contributed by atoms with Crippen LogP contribution in [0.5, 0.6) is 0 Å². The molecule has 2 rings (SSSR count). The van der Waals surface area contributed by atoms with Crippen molar-refractivity contribution in [2.45, 2.75) is 58.8 Å². The molecule has 0 bridgehead atoms. The minimum atomic E-state index is 1.23. The highest BCUT2D eigenvalue weighted by atomic mass is 14.2. The molecule has 0 unspecified atom stereocenters. The number of hydrogen-bond acceptors (Lipinski definition) is 0. The highest BCUT2D eigenvalue weighted by molar-refractivity contribution is 5.39. The maximum atomic E-state index is 2.46. The maximum Gasteiger partial charge on any atom is -0.00652 e. The summed E-state index contributed by atoms with van der Waals surface area (Å²) in [7, 11) is 0. The highest BCUT2D eigenvalue weighted by Gasteiger charge is 2.14. The molecule has 0 aromatic heterocycles. The van der Waals surface area contributed by atoms with Crippen LogP contribution in [-0.4, -0.2) is 0 Å². The van der Waals surface area contributed by atoms with Gasteiger partial charge in [0.05, 0.1) is 0 Å². The van der Waals surface area contributed by atoms with Crippen molar-refractivity contribution in [2.75, 3.05) is 0 Å². The van der Waals surface area contributed by atoms with Crippen molar-refractivity contribution in [1.82, 2.24) is 0 Å². The Morgan fingerprint density at radius 1 is 1.07 bits per heavy atom. The van der Waals surface area contributed by atoms with Gasteiger partial charge in [-0.15, -0.1) is 0 Å². The second-order valence-electron chi connectivity index (χ2n) is 5.03. The molecule has 0 heterocycles. The zero-order valence-corrected chi connectivity index (χ0v) is 10.1. The van der Waals surface area contributed by atoms with Gasteiger partial charge < -0.3 is 0 Å². The molecule has 2 aliphatic carbocycles. The largest absolute Gasteiger partial charge is 0.0850 e. The summed E-state index contributed by atoms with van der Waals surface area (Å²) in [5.74, 6) is 0. The van der Waals surface area contributed by atoms with E-state index in [1.54, 1.807) is 16.7 Å². The predicted molar refractivity (Wildman–Crippen MR) is 66.9 cm³/mol. The van der Waals surface area contributed by atoms with Crippen LogP contribution in [-0.2, 0) is 0 Å². The third-order valence-corrected chi connectivity index (χ3v) is 3.57. The maximum absolute atomic E-state index is 2.46. The van der Waals surface area contributed by atoms with E-state index in [0.29, 0.717) is 0 Å². The fourth-order valence-corrected chi connectivity index (χ4v) is 2.68. The molecule has 2 aliphatic rings. The fourth-order valence-electron chi connectivity index (χ4n) is 2.68. The van der Waals surface area contributed by atoms with E-state index in [4.69, 9.17) is 0 Å². The van der Waals surface area contributed by atoms with Gasteiger partial charge in [0.1, 0.15) is 0 Å². The van der Waals surface area contributed by atoms with E-state index in [0.717, 1.165) is 0 Å². The van der Waals surface area contributed by atoms with Crippen molar-refractivity contribution >= 4 is 0 Å². The number of hydrogen-bond donors (Lipinski definition) is 0. The third kappa shape index (κ3) is 2.62. The molecular weight excluding hydrogens is 180 g/mol. The SMILES string of the molecule is CC(C)=C(CC1=CCCC1)C1=CCCC1. The molecule has 0 nitrogen and oxygen atoms in total. The lowest BCUT2D eigenvalue weighted by Crippen LogP contribution is -1.92. The van der Waals surface area contributed by atoms with E-state index in [1.807, 2.05) is 0 Å².